The van der Waals surface area contributed by atoms with Crippen molar-refractivity contribution in [2.75, 3.05) is 23.3 Å². The van der Waals surface area contributed by atoms with E-state index >= 15 is 0 Å². The quantitative estimate of drug-likeness (QED) is 0.597. The summed E-state index contributed by atoms with van der Waals surface area (Å²) in [6, 6.07) is 4.43. The summed E-state index contributed by atoms with van der Waals surface area (Å²) in [4.78, 5) is 40.7. The number of piperidine rings is 1. The summed E-state index contributed by atoms with van der Waals surface area (Å²) in [5.41, 5.74) is 5.72. The molecule has 2 amide bonds. The Morgan fingerprint density at radius 3 is 2.67 bits per heavy atom. The molecule has 1 aliphatic rings. The molecule has 2 aromatic rings. The monoisotopic (exact) mass is 389 g/mol. The van der Waals surface area contributed by atoms with Crippen LogP contribution in [-0.4, -0.2) is 34.8 Å². The maximum absolute atomic E-state index is 12.4. The van der Waals surface area contributed by atoms with Crippen molar-refractivity contribution in [1.29, 1.82) is 0 Å². The van der Waals surface area contributed by atoms with Crippen molar-refractivity contribution < 1.29 is 14.5 Å². The summed E-state index contributed by atoms with van der Waals surface area (Å²) >= 11 is 0.941. The van der Waals surface area contributed by atoms with Gasteiger partial charge in [-0.1, -0.05) is 18.3 Å². The van der Waals surface area contributed by atoms with E-state index in [1.165, 1.54) is 12.3 Å². The first kappa shape index (κ1) is 18.8. The van der Waals surface area contributed by atoms with Crippen LogP contribution in [0, 0.1) is 16.0 Å². The lowest BCUT2D eigenvalue weighted by molar-refractivity contribution is -0.384. The second-order valence-electron chi connectivity index (χ2n) is 6.48. The van der Waals surface area contributed by atoms with Gasteiger partial charge in [0.05, 0.1) is 11.1 Å². The molecule has 0 atom stereocenters. The van der Waals surface area contributed by atoms with Crippen molar-refractivity contribution in [2.45, 2.75) is 19.8 Å². The van der Waals surface area contributed by atoms with Gasteiger partial charge in [0.2, 0.25) is 0 Å². The average molecular weight is 389 g/mol. The summed E-state index contributed by atoms with van der Waals surface area (Å²) in [5, 5.41) is 14.3. The Morgan fingerprint density at radius 1 is 1.37 bits per heavy atom. The minimum absolute atomic E-state index is 0.103. The summed E-state index contributed by atoms with van der Waals surface area (Å²) < 4.78 is 0. The zero-order valence-corrected chi connectivity index (χ0v) is 15.5. The third-order valence-corrected chi connectivity index (χ3v) is 5.45. The van der Waals surface area contributed by atoms with E-state index in [0.717, 1.165) is 37.3 Å². The van der Waals surface area contributed by atoms with Crippen LogP contribution < -0.4 is 16.0 Å². The number of anilines is 2. The van der Waals surface area contributed by atoms with Gasteiger partial charge < -0.3 is 10.6 Å². The normalized spacial score (nSPS) is 14.8. The van der Waals surface area contributed by atoms with Gasteiger partial charge in [-0.2, -0.15) is 0 Å². The van der Waals surface area contributed by atoms with E-state index in [0.29, 0.717) is 11.6 Å². The number of aromatic nitrogens is 1. The van der Waals surface area contributed by atoms with E-state index in [4.69, 9.17) is 5.73 Å². The SMILES string of the molecule is CC1CCN(c2ccc(C(=O)Nc3ncc(C(N)=O)s3)cc2[N+](=O)[O-])CC1. The van der Waals surface area contributed by atoms with Crippen LogP contribution in [0.4, 0.5) is 16.5 Å². The Balaban J connectivity index is 1.81. The van der Waals surface area contributed by atoms with Gasteiger partial charge in [-0.15, -0.1) is 0 Å². The van der Waals surface area contributed by atoms with Crippen molar-refractivity contribution in [3.8, 4) is 0 Å². The number of primary amides is 1. The van der Waals surface area contributed by atoms with Crippen LogP contribution in [0.2, 0.25) is 0 Å². The molecule has 9 nitrogen and oxygen atoms in total. The summed E-state index contributed by atoms with van der Waals surface area (Å²) in [5.74, 6) is -0.569. The lowest BCUT2D eigenvalue weighted by Gasteiger charge is -2.31. The number of rotatable bonds is 5. The van der Waals surface area contributed by atoms with Crippen LogP contribution in [0.3, 0.4) is 0 Å². The molecule has 0 unspecified atom stereocenters. The fraction of sp³-hybridized carbons (Fsp3) is 0.353. The number of hydrogen-bond donors (Lipinski definition) is 2. The van der Waals surface area contributed by atoms with Gasteiger partial charge in [-0.25, -0.2) is 4.98 Å². The molecule has 27 heavy (non-hydrogen) atoms. The molecule has 0 spiro atoms. The Bertz CT molecular complexity index is 889. The van der Waals surface area contributed by atoms with Crippen LogP contribution in [0.25, 0.3) is 0 Å². The number of benzene rings is 1. The zero-order valence-electron chi connectivity index (χ0n) is 14.7. The number of nitro groups is 1. The van der Waals surface area contributed by atoms with Gasteiger partial charge in [0.25, 0.3) is 17.5 Å². The zero-order chi connectivity index (χ0) is 19.6. The molecule has 1 aromatic heterocycles. The molecule has 3 N–H and O–H groups in total. The Kier molecular flexibility index (Phi) is 5.36. The maximum Gasteiger partial charge on any atom is 0.293 e. The Morgan fingerprint density at radius 2 is 2.07 bits per heavy atom. The van der Waals surface area contributed by atoms with E-state index in [2.05, 4.69) is 17.2 Å². The number of carbonyl (C=O) groups excluding carboxylic acids is 2. The minimum atomic E-state index is -0.635. The fourth-order valence-electron chi connectivity index (χ4n) is 2.94. The molecule has 0 bridgehead atoms. The van der Waals surface area contributed by atoms with Gasteiger partial charge in [-0.3, -0.25) is 25.0 Å². The molecule has 1 fully saturated rings. The molecule has 1 aliphatic heterocycles. The lowest BCUT2D eigenvalue weighted by Crippen LogP contribution is -2.33. The lowest BCUT2D eigenvalue weighted by atomic mass is 9.98. The summed E-state index contributed by atoms with van der Waals surface area (Å²) in [6.07, 6.45) is 3.22. The number of nitro benzene ring substituents is 1. The predicted octanol–water partition coefficient (Wildman–Crippen LogP) is 2.64. The predicted molar refractivity (Wildman–Crippen MR) is 102 cm³/mol. The van der Waals surface area contributed by atoms with Crippen molar-refractivity contribution >= 4 is 39.7 Å². The van der Waals surface area contributed by atoms with E-state index in [1.54, 1.807) is 12.1 Å². The Labute approximate surface area is 159 Å². The van der Waals surface area contributed by atoms with Crippen LogP contribution in [0.5, 0.6) is 0 Å². The van der Waals surface area contributed by atoms with Crippen molar-refractivity contribution in [3.63, 3.8) is 0 Å². The highest BCUT2D eigenvalue weighted by molar-refractivity contribution is 7.17. The highest BCUT2D eigenvalue weighted by Gasteiger charge is 2.25. The van der Waals surface area contributed by atoms with Gasteiger partial charge in [0, 0.05) is 24.7 Å². The van der Waals surface area contributed by atoms with Crippen LogP contribution in [0.15, 0.2) is 24.4 Å². The fourth-order valence-corrected chi connectivity index (χ4v) is 3.61. The third-order valence-electron chi connectivity index (χ3n) is 4.53. The van der Waals surface area contributed by atoms with Crippen molar-refractivity contribution in [1.82, 2.24) is 4.98 Å². The molecule has 1 saturated heterocycles. The molecule has 2 heterocycles. The number of nitrogens with two attached hydrogens (primary N) is 1. The number of hydrogen-bond acceptors (Lipinski definition) is 7. The van der Waals surface area contributed by atoms with Crippen LogP contribution in [0.1, 0.15) is 39.8 Å². The third kappa shape index (κ3) is 4.22. The molecule has 142 valence electrons. The van der Waals surface area contributed by atoms with E-state index in [9.17, 15) is 19.7 Å². The van der Waals surface area contributed by atoms with E-state index in [1.807, 2.05) is 4.90 Å². The molecular weight excluding hydrogens is 370 g/mol. The van der Waals surface area contributed by atoms with Gasteiger partial charge in [0.15, 0.2) is 5.13 Å². The Hall–Kier alpha value is -3.01. The highest BCUT2D eigenvalue weighted by Crippen LogP contribution is 2.32. The smallest absolute Gasteiger partial charge is 0.293 e. The largest absolute Gasteiger partial charge is 0.366 e. The molecule has 0 saturated carbocycles. The number of amides is 2. The summed E-state index contributed by atoms with van der Waals surface area (Å²) in [6.45, 7) is 3.67. The number of nitrogens with one attached hydrogen (secondary N) is 1. The van der Waals surface area contributed by atoms with E-state index in [-0.39, 0.29) is 21.3 Å². The van der Waals surface area contributed by atoms with Crippen molar-refractivity contribution in [2.24, 2.45) is 11.7 Å². The molecule has 3 rings (SSSR count). The van der Waals surface area contributed by atoms with Gasteiger partial charge >= 0.3 is 0 Å². The first-order valence-electron chi connectivity index (χ1n) is 8.45. The molecule has 1 aromatic carbocycles. The summed E-state index contributed by atoms with van der Waals surface area (Å²) in [7, 11) is 0. The van der Waals surface area contributed by atoms with Crippen molar-refractivity contribution in [3.05, 3.63) is 45.0 Å². The first-order chi connectivity index (χ1) is 12.8. The highest BCUT2D eigenvalue weighted by atomic mass is 32.1. The number of nitrogens with zero attached hydrogens (tertiary/aromatic N) is 3. The number of carbonyl (C=O) groups is 2. The first-order valence-corrected chi connectivity index (χ1v) is 9.27. The number of thiazole rings is 1. The topological polar surface area (TPSA) is 131 Å². The molecule has 0 radical (unpaired) electrons. The van der Waals surface area contributed by atoms with Crippen LogP contribution >= 0.6 is 11.3 Å². The van der Waals surface area contributed by atoms with Gasteiger partial charge in [-0.05, 0) is 30.9 Å². The second-order valence-corrected chi connectivity index (χ2v) is 7.51. The maximum atomic E-state index is 12.4. The second kappa shape index (κ2) is 7.70. The standard InChI is InChI=1S/C17H19N5O4S/c1-10-4-6-21(7-5-10)12-3-2-11(8-13(12)22(25)26)16(24)20-17-19-9-14(27-17)15(18)23/h2-3,8-10H,4-7H2,1H3,(H2,18,23)(H,19,20,24). The molecule has 10 heteroatoms. The minimum Gasteiger partial charge on any atom is -0.366 e. The van der Waals surface area contributed by atoms with Gasteiger partial charge in [0.1, 0.15) is 10.6 Å². The average Bonchev–Trinajstić information content (AvgIpc) is 3.10. The molecule has 0 aliphatic carbocycles. The molecular formula is C17H19N5O4S. The van der Waals surface area contributed by atoms with E-state index < -0.39 is 16.7 Å². The van der Waals surface area contributed by atoms with Crippen LogP contribution in [-0.2, 0) is 0 Å².